The lowest BCUT2D eigenvalue weighted by atomic mass is 10.1. The summed E-state index contributed by atoms with van der Waals surface area (Å²) in [6.07, 6.45) is 3.19. The molecular formula is C22H41NO3SSi2. The third-order valence-corrected chi connectivity index (χ3v) is 16.2. The maximum absolute atomic E-state index is 11.3. The molecule has 0 aliphatic heterocycles. The molecule has 0 saturated carbocycles. The molecule has 7 heteroatoms. The monoisotopic (exact) mass is 455 g/mol. The Morgan fingerprint density at radius 1 is 1.10 bits per heavy atom. The molecule has 0 amide bonds. The van der Waals surface area contributed by atoms with Gasteiger partial charge < -0.3 is 13.6 Å². The lowest BCUT2D eigenvalue weighted by molar-refractivity contribution is -0.109. The number of aldehydes is 1. The van der Waals surface area contributed by atoms with Gasteiger partial charge in [0, 0.05) is 11.8 Å². The van der Waals surface area contributed by atoms with Gasteiger partial charge >= 0.3 is 0 Å². The minimum absolute atomic E-state index is 0.100. The molecule has 1 heterocycles. The van der Waals surface area contributed by atoms with Crippen molar-refractivity contribution in [2.45, 2.75) is 104 Å². The molecule has 0 aliphatic carbocycles. The smallest absolute Gasteiger partial charge is 0.192 e. The van der Waals surface area contributed by atoms with Crippen LogP contribution < -0.4 is 0 Å². The molecule has 0 N–H and O–H groups in total. The van der Waals surface area contributed by atoms with Crippen molar-refractivity contribution in [3.63, 3.8) is 0 Å². The van der Waals surface area contributed by atoms with E-state index in [0.29, 0.717) is 13.0 Å². The molecule has 0 bridgehead atoms. The largest absolute Gasteiger partial charge is 0.410 e. The highest BCUT2D eigenvalue weighted by atomic mass is 32.1. The van der Waals surface area contributed by atoms with Crippen molar-refractivity contribution in [3.05, 3.63) is 21.7 Å². The highest BCUT2D eigenvalue weighted by Gasteiger charge is 2.39. The first-order valence-electron chi connectivity index (χ1n) is 10.4. The van der Waals surface area contributed by atoms with Gasteiger partial charge in [0.15, 0.2) is 16.6 Å². The van der Waals surface area contributed by atoms with Crippen LogP contribution in [0.2, 0.25) is 36.3 Å². The van der Waals surface area contributed by atoms with Crippen LogP contribution in [-0.2, 0) is 20.3 Å². The number of carbonyl (C=O) groups excluding carboxylic acids is 1. The predicted molar refractivity (Wildman–Crippen MR) is 131 cm³/mol. The van der Waals surface area contributed by atoms with Crippen LogP contribution in [0.5, 0.6) is 0 Å². The molecule has 0 spiro atoms. The van der Waals surface area contributed by atoms with Crippen LogP contribution in [0.25, 0.3) is 6.08 Å². The van der Waals surface area contributed by atoms with Crippen LogP contribution in [0, 0.1) is 0 Å². The van der Waals surface area contributed by atoms with Gasteiger partial charge in [0.05, 0.1) is 18.4 Å². The van der Waals surface area contributed by atoms with E-state index >= 15 is 0 Å². The number of rotatable bonds is 9. The van der Waals surface area contributed by atoms with E-state index in [-0.39, 0.29) is 16.2 Å². The van der Waals surface area contributed by atoms with Crippen LogP contribution in [0.3, 0.4) is 0 Å². The maximum atomic E-state index is 11.3. The van der Waals surface area contributed by atoms with Gasteiger partial charge in [-0.3, -0.25) is 0 Å². The Hall–Kier alpha value is -0.606. The molecule has 0 aliphatic rings. The molecule has 0 fully saturated rings. The van der Waals surface area contributed by atoms with Gasteiger partial charge in [0.2, 0.25) is 0 Å². The van der Waals surface area contributed by atoms with E-state index in [1.165, 1.54) is 0 Å². The fraction of sp³-hybridized carbons (Fsp3) is 0.727. The van der Waals surface area contributed by atoms with Crippen LogP contribution >= 0.6 is 11.3 Å². The zero-order chi connectivity index (χ0) is 22.7. The van der Waals surface area contributed by atoms with Crippen molar-refractivity contribution < 1.29 is 13.6 Å². The summed E-state index contributed by atoms with van der Waals surface area (Å²) in [5, 5.41) is 3.33. The fourth-order valence-electron chi connectivity index (χ4n) is 2.19. The molecular weight excluding hydrogens is 414 g/mol. The van der Waals surface area contributed by atoms with Crippen molar-refractivity contribution in [1.29, 1.82) is 0 Å². The summed E-state index contributed by atoms with van der Waals surface area (Å²) in [6.45, 7) is 24.9. The van der Waals surface area contributed by atoms with E-state index in [1.807, 2.05) is 13.0 Å². The summed E-state index contributed by atoms with van der Waals surface area (Å²) in [4.78, 5) is 16.0. The van der Waals surface area contributed by atoms with E-state index in [4.69, 9.17) is 13.8 Å². The molecule has 166 valence electrons. The zero-order valence-corrected chi connectivity index (χ0v) is 23.1. The van der Waals surface area contributed by atoms with Gasteiger partial charge in [-0.15, -0.1) is 11.3 Å². The Morgan fingerprint density at radius 2 is 1.66 bits per heavy atom. The number of hydrogen-bond donors (Lipinski definition) is 0. The Morgan fingerprint density at radius 3 is 2.14 bits per heavy atom. The van der Waals surface area contributed by atoms with E-state index < -0.39 is 16.6 Å². The second-order valence-electron chi connectivity index (χ2n) is 10.9. The molecule has 1 rings (SSSR count). The van der Waals surface area contributed by atoms with E-state index in [2.05, 4.69) is 73.1 Å². The number of aromatic nitrogens is 1. The van der Waals surface area contributed by atoms with Gasteiger partial charge in [-0.2, -0.15) is 0 Å². The number of nitrogens with zero attached hydrogens (tertiary/aromatic N) is 1. The molecule has 0 aromatic carbocycles. The molecule has 0 saturated heterocycles. The van der Waals surface area contributed by atoms with E-state index in [9.17, 15) is 4.79 Å². The normalized spacial score (nSPS) is 15.5. The summed E-state index contributed by atoms with van der Waals surface area (Å²) < 4.78 is 12.8. The van der Waals surface area contributed by atoms with Gasteiger partial charge in [0.25, 0.3) is 0 Å². The molecule has 1 atom stereocenters. The summed E-state index contributed by atoms with van der Waals surface area (Å²) in [7, 11) is -3.75. The standard InChI is InChI=1S/C22H41NO3SSi2/c1-17(19(12-13-24)26-29(10,11)22(5,6)7)14-18-16-27-20(23-18)15-25-28(8,9)21(2,3)4/h13-14,16,19H,12,15H2,1-11H3/b17-14+/t19-/m0/s1. The van der Waals surface area contributed by atoms with E-state index in [0.717, 1.165) is 22.6 Å². The average Bonchev–Trinajstić information content (AvgIpc) is 2.97. The van der Waals surface area contributed by atoms with Crippen LogP contribution in [0.15, 0.2) is 11.0 Å². The number of carbonyl (C=O) groups is 1. The average molecular weight is 456 g/mol. The van der Waals surface area contributed by atoms with Crippen molar-refractivity contribution in [3.8, 4) is 0 Å². The third-order valence-electron chi connectivity index (χ3n) is 6.37. The molecule has 0 radical (unpaired) electrons. The number of hydrogen-bond acceptors (Lipinski definition) is 5. The maximum Gasteiger partial charge on any atom is 0.192 e. The summed E-state index contributed by atoms with van der Waals surface area (Å²) in [5.41, 5.74) is 1.96. The minimum atomic E-state index is -1.96. The molecule has 1 aromatic heterocycles. The van der Waals surface area contributed by atoms with Crippen molar-refractivity contribution in [2.24, 2.45) is 0 Å². The van der Waals surface area contributed by atoms with Gasteiger partial charge in [0.1, 0.15) is 11.3 Å². The first-order valence-corrected chi connectivity index (χ1v) is 17.1. The second kappa shape index (κ2) is 9.68. The van der Waals surface area contributed by atoms with Gasteiger partial charge in [-0.25, -0.2) is 4.98 Å². The Balaban J connectivity index is 2.92. The predicted octanol–water partition coefficient (Wildman–Crippen LogP) is 7.05. The topological polar surface area (TPSA) is 48.4 Å². The summed E-state index contributed by atoms with van der Waals surface area (Å²) in [5.74, 6) is 0. The Bertz CT molecular complexity index is 712. The zero-order valence-electron chi connectivity index (χ0n) is 20.3. The number of thiazole rings is 1. The Kier molecular flexibility index (Phi) is 8.82. The highest BCUT2D eigenvalue weighted by Crippen LogP contribution is 2.39. The molecule has 29 heavy (non-hydrogen) atoms. The van der Waals surface area contributed by atoms with E-state index in [1.54, 1.807) is 11.3 Å². The van der Waals surface area contributed by atoms with Crippen LogP contribution in [-0.4, -0.2) is 34.0 Å². The second-order valence-corrected chi connectivity index (χ2v) is 21.4. The first-order chi connectivity index (χ1) is 13.0. The lowest BCUT2D eigenvalue weighted by Gasteiger charge is -2.39. The van der Waals surface area contributed by atoms with Gasteiger partial charge in [-0.05, 0) is 54.8 Å². The molecule has 1 aromatic rings. The minimum Gasteiger partial charge on any atom is -0.410 e. The van der Waals surface area contributed by atoms with Crippen LogP contribution in [0.1, 0.15) is 65.6 Å². The fourth-order valence-corrected chi connectivity index (χ4v) is 5.23. The van der Waals surface area contributed by atoms with Crippen molar-refractivity contribution in [2.75, 3.05) is 0 Å². The van der Waals surface area contributed by atoms with Crippen LogP contribution in [0.4, 0.5) is 0 Å². The third kappa shape index (κ3) is 7.54. The van der Waals surface area contributed by atoms with Gasteiger partial charge in [-0.1, -0.05) is 41.5 Å². The highest BCUT2D eigenvalue weighted by molar-refractivity contribution is 7.09. The summed E-state index contributed by atoms with van der Waals surface area (Å²) >= 11 is 1.63. The van der Waals surface area contributed by atoms with Crippen molar-refractivity contribution in [1.82, 2.24) is 4.98 Å². The summed E-state index contributed by atoms with van der Waals surface area (Å²) in [6, 6.07) is 0. The SMILES string of the molecule is C/C(=C\c1csc(CO[Si](C)(C)C(C)(C)C)n1)[C@H](CC=O)O[Si](C)(C)C(C)(C)C. The van der Waals surface area contributed by atoms with Crippen molar-refractivity contribution >= 4 is 40.3 Å². The molecule has 4 nitrogen and oxygen atoms in total. The lowest BCUT2D eigenvalue weighted by Crippen LogP contribution is -2.44. The molecule has 0 unspecified atom stereocenters. The quantitative estimate of drug-likeness (QED) is 0.296. The first kappa shape index (κ1) is 26.4. The Labute approximate surface area is 184 Å².